The van der Waals surface area contributed by atoms with Crippen molar-refractivity contribution in [2.24, 2.45) is 0 Å². The summed E-state index contributed by atoms with van der Waals surface area (Å²) in [4.78, 5) is 12.0. The first kappa shape index (κ1) is 16.7. The number of carbonyl (C=O) groups excluding carboxylic acids is 1. The molecule has 0 fully saturated rings. The quantitative estimate of drug-likeness (QED) is 0.766. The summed E-state index contributed by atoms with van der Waals surface area (Å²) < 4.78 is 0. The Hall–Kier alpha value is -1.35. The number of amides is 1. The van der Waals surface area contributed by atoms with E-state index in [0.717, 1.165) is 19.4 Å². The molecule has 0 spiro atoms. The molecule has 112 valence electrons. The van der Waals surface area contributed by atoms with Crippen molar-refractivity contribution >= 4 is 5.91 Å². The topological polar surface area (TPSA) is 41.1 Å². The molecule has 0 bridgehead atoms. The average molecular weight is 276 g/mol. The van der Waals surface area contributed by atoms with E-state index in [1.165, 1.54) is 5.56 Å². The molecule has 0 aliphatic rings. The minimum atomic E-state index is -0.152. The summed E-state index contributed by atoms with van der Waals surface area (Å²) in [6.45, 7) is 9.09. The van der Waals surface area contributed by atoms with Crippen molar-refractivity contribution in [3.8, 4) is 0 Å². The zero-order chi connectivity index (χ0) is 15.0. The lowest BCUT2D eigenvalue weighted by atomic mass is 10.0. The van der Waals surface area contributed by atoms with E-state index in [-0.39, 0.29) is 18.0 Å². The first-order valence-electron chi connectivity index (χ1n) is 7.63. The lowest BCUT2D eigenvalue weighted by molar-refractivity contribution is -0.123. The number of benzene rings is 1. The van der Waals surface area contributed by atoms with E-state index in [9.17, 15) is 4.79 Å². The molecular formula is C17H28N2O. The van der Waals surface area contributed by atoms with E-state index >= 15 is 0 Å². The molecule has 3 atom stereocenters. The SMILES string of the molecule is CCCC(C)NC(=O)C(C)NCC(C)c1ccccc1. The molecule has 1 aromatic rings. The van der Waals surface area contributed by atoms with Gasteiger partial charge in [0.25, 0.3) is 0 Å². The highest BCUT2D eigenvalue weighted by molar-refractivity contribution is 5.81. The van der Waals surface area contributed by atoms with Crippen molar-refractivity contribution in [1.82, 2.24) is 10.6 Å². The van der Waals surface area contributed by atoms with Crippen LogP contribution in [0.25, 0.3) is 0 Å². The van der Waals surface area contributed by atoms with Gasteiger partial charge in [0, 0.05) is 12.6 Å². The molecule has 0 saturated heterocycles. The van der Waals surface area contributed by atoms with Gasteiger partial charge in [0.05, 0.1) is 6.04 Å². The maximum Gasteiger partial charge on any atom is 0.237 e. The molecule has 20 heavy (non-hydrogen) atoms. The Kier molecular flexibility index (Phi) is 7.31. The van der Waals surface area contributed by atoms with Crippen LogP contribution in [0.2, 0.25) is 0 Å². The monoisotopic (exact) mass is 276 g/mol. The van der Waals surface area contributed by atoms with Gasteiger partial charge in [-0.25, -0.2) is 0 Å². The van der Waals surface area contributed by atoms with Gasteiger partial charge in [0.15, 0.2) is 0 Å². The highest BCUT2D eigenvalue weighted by Gasteiger charge is 2.15. The van der Waals surface area contributed by atoms with Crippen molar-refractivity contribution in [2.75, 3.05) is 6.54 Å². The van der Waals surface area contributed by atoms with E-state index in [2.05, 4.69) is 43.5 Å². The fourth-order valence-corrected chi connectivity index (χ4v) is 2.22. The molecule has 1 rings (SSSR count). The smallest absolute Gasteiger partial charge is 0.237 e. The zero-order valence-electron chi connectivity index (χ0n) is 13.1. The summed E-state index contributed by atoms with van der Waals surface area (Å²) in [7, 11) is 0. The Morgan fingerprint density at radius 3 is 2.40 bits per heavy atom. The second-order valence-electron chi connectivity index (χ2n) is 5.64. The van der Waals surface area contributed by atoms with Gasteiger partial charge in [-0.1, -0.05) is 50.6 Å². The van der Waals surface area contributed by atoms with Crippen LogP contribution in [0.1, 0.15) is 52.0 Å². The average Bonchev–Trinajstić information content (AvgIpc) is 2.45. The van der Waals surface area contributed by atoms with E-state index in [0.29, 0.717) is 5.92 Å². The summed E-state index contributed by atoms with van der Waals surface area (Å²) in [6.07, 6.45) is 2.12. The largest absolute Gasteiger partial charge is 0.352 e. The molecule has 1 amide bonds. The number of rotatable bonds is 8. The molecule has 1 aromatic carbocycles. The van der Waals surface area contributed by atoms with Gasteiger partial charge in [0.2, 0.25) is 5.91 Å². The fourth-order valence-electron chi connectivity index (χ4n) is 2.22. The predicted octanol–water partition coefficient (Wildman–Crippen LogP) is 3.07. The maximum absolute atomic E-state index is 12.0. The molecule has 0 radical (unpaired) electrons. The van der Waals surface area contributed by atoms with Gasteiger partial charge in [0.1, 0.15) is 0 Å². The third-order valence-electron chi connectivity index (χ3n) is 3.60. The van der Waals surface area contributed by atoms with Crippen LogP contribution in [0.5, 0.6) is 0 Å². The molecular weight excluding hydrogens is 248 g/mol. The Morgan fingerprint density at radius 1 is 1.15 bits per heavy atom. The molecule has 0 aliphatic carbocycles. The second-order valence-corrected chi connectivity index (χ2v) is 5.64. The molecule has 3 nitrogen and oxygen atoms in total. The van der Waals surface area contributed by atoms with Gasteiger partial charge in [-0.2, -0.15) is 0 Å². The van der Waals surface area contributed by atoms with E-state index < -0.39 is 0 Å². The van der Waals surface area contributed by atoms with Gasteiger partial charge in [-0.05, 0) is 31.7 Å². The number of hydrogen-bond donors (Lipinski definition) is 2. The van der Waals surface area contributed by atoms with Crippen molar-refractivity contribution < 1.29 is 4.79 Å². The predicted molar refractivity (Wildman–Crippen MR) is 84.8 cm³/mol. The number of hydrogen-bond acceptors (Lipinski definition) is 2. The van der Waals surface area contributed by atoms with Crippen molar-refractivity contribution in [3.63, 3.8) is 0 Å². The Balaban J connectivity index is 2.35. The second kappa shape index (κ2) is 8.75. The Labute approximate surface area is 123 Å². The zero-order valence-corrected chi connectivity index (χ0v) is 13.1. The van der Waals surface area contributed by atoms with Crippen molar-refractivity contribution in [3.05, 3.63) is 35.9 Å². The van der Waals surface area contributed by atoms with Gasteiger partial charge >= 0.3 is 0 Å². The number of nitrogens with one attached hydrogen (secondary N) is 2. The molecule has 0 saturated carbocycles. The van der Waals surface area contributed by atoms with Crippen LogP contribution in [0.3, 0.4) is 0 Å². The highest BCUT2D eigenvalue weighted by Crippen LogP contribution is 2.13. The molecule has 2 N–H and O–H groups in total. The van der Waals surface area contributed by atoms with E-state index in [1.54, 1.807) is 0 Å². The first-order chi connectivity index (χ1) is 9.54. The van der Waals surface area contributed by atoms with Crippen molar-refractivity contribution in [2.45, 2.75) is 58.5 Å². The van der Waals surface area contributed by atoms with Crippen molar-refractivity contribution in [1.29, 1.82) is 0 Å². The van der Waals surface area contributed by atoms with Crippen LogP contribution in [0.15, 0.2) is 30.3 Å². The van der Waals surface area contributed by atoms with Gasteiger partial charge < -0.3 is 10.6 Å². The molecule has 3 heteroatoms. The van der Waals surface area contributed by atoms with Gasteiger partial charge in [-0.15, -0.1) is 0 Å². The summed E-state index contributed by atoms with van der Waals surface area (Å²) in [5.74, 6) is 0.491. The Bertz CT molecular complexity index is 391. The van der Waals surface area contributed by atoms with E-state index in [1.807, 2.05) is 25.1 Å². The molecule has 0 heterocycles. The normalized spacial score (nSPS) is 15.4. The van der Waals surface area contributed by atoms with E-state index in [4.69, 9.17) is 0 Å². The summed E-state index contributed by atoms with van der Waals surface area (Å²) in [5.41, 5.74) is 1.30. The fraction of sp³-hybridized carbons (Fsp3) is 0.588. The minimum absolute atomic E-state index is 0.0891. The van der Waals surface area contributed by atoms with Crippen LogP contribution in [0, 0.1) is 0 Å². The number of carbonyl (C=O) groups is 1. The van der Waals surface area contributed by atoms with Crippen LogP contribution >= 0.6 is 0 Å². The third-order valence-corrected chi connectivity index (χ3v) is 3.60. The lowest BCUT2D eigenvalue weighted by Crippen LogP contribution is -2.46. The summed E-state index contributed by atoms with van der Waals surface area (Å²) in [6, 6.07) is 10.5. The standard InChI is InChI=1S/C17H28N2O/c1-5-9-14(3)19-17(20)15(4)18-12-13(2)16-10-7-6-8-11-16/h6-8,10-11,13-15,18H,5,9,12H2,1-4H3,(H,19,20). The first-order valence-corrected chi connectivity index (χ1v) is 7.63. The van der Waals surface area contributed by atoms with Crippen LogP contribution in [0.4, 0.5) is 0 Å². The molecule has 0 aromatic heterocycles. The summed E-state index contributed by atoms with van der Waals surface area (Å²) in [5, 5.41) is 6.36. The molecule has 0 aliphatic heterocycles. The minimum Gasteiger partial charge on any atom is -0.352 e. The highest BCUT2D eigenvalue weighted by atomic mass is 16.2. The van der Waals surface area contributed by atoms with Gasteiger partial charge in [-0.3, -0.25) is 4.79 Å². The van der Waals surface area contributed by atoms with Crippen LogP contribution < -0.4 is 10.6 Å². The summed E-state index contributed by atoms with van der Waals surface area (Å²) >= 11 is 0. The van der Waals surface area contributed by atoms with Crippen LogP contribution in [-0.4, -0.2) is 24.5 Å². The maximum atomic E-state index is 12.0. The third kappa shape index (κ3) is 5.74. The van der Waals surface area contributed by atoms with Crippen LogP contribution in [-0.2, 0) is 4.79 Å². The lowest BCUT2D eigenvalue weighted by Gasteiger charge is -2.20. The Morgan fingerprint density at radius 2 is 1.80 bits per heavy atom. The molecule has 3 unspecified atom stereocenters.